The summed E-state index contributed by atoms with van der Waals surface area (Å²) in [6, 6.07) is 5.09. The van der Waals surface area contributed by atoms with Gasteiger partial charge in [0.25, 0.3) is 0 Å². The third-order valence-corrected chi connectivity index (χ3v) is 1.59. The summed E-state index contributed by atoms with van der Waals surface area (Å²) in [5, 5.41) is 0. The second-order valence-corrected chi connectivity index (χ2v) is 2.51. The summed E-state index contributed by atoms with van der Waals surface area (Å²) in [4.78, 5) is 26.6. The number of nitrogens with zero attached hydrogens (tertiary/aromatic N) is 4. The fraction of sp³-hybridized carbons (Fsp3) is 0. The molecule has 5 nitrogen and oxygen atoms in total. The second-order valence-electron chi connectivity index (χ2n) is 2.51. The lowest BCUT2D eigenvalue weighted by atomic mass is 10.2. The summed E-state index contributed by atoms with van der Waals surface area (Å²) >= 11 is 0. The van der Waals surface area contributed by atoms with E-state index in [9.17, 15) is 4.79 Å². The zero-order valence-electron chi connectivity index (χ0n) is 7.16. The van der Waals surface area contributed by atoms with Gasteiger partial charge in [0.15, 0.2) is 0 Å². The van der Waals surface area contributed by atoms with E-state index in [1.165, 1.54) is 12.7 Å². The highest BCUT2D eigenvalue weighted by Gasteiger charge is 2.11. The van der Waals surface area contributed by atoms with E-state index in [1.54, 1.807) is 24.4 Å². The Bertz CT molecular complexity index is 388. The maximum absolute atomic E-state index is 11.6. The maximum Gasteiger partial charge on any atom is 0.248 e. The highest BCUT2D eigenvalue weighted by atomic mass is 16.1. The van der Waals surface area contributed by atoms with Gasteiger partial charge < -0.3 is 0 Å². The van der Waals surface area contributed by atoms with Crippen LogP contribution in [0.15, 0.2) is 37.1 Å². The molecule has 0 fully saturated rings. The Kier molecular flexibility index (Phi) is 2.22. The van der Waals surface area contributed by atoms with Crippen molar-refractivity contribution in [2.24, 2.45) is 0 Å². The van der Waals surface area contributed by atoms with Crippen LogP contribution in [0.1, 0.15) is 16.3 Å². The molecule has 0 N–H and O–H groups in total. The Labute approximate surface area is 79.9 Å². The second kappa shape index (κ2) is 3.69. The van der Waals surface area contributed by atoms with Gasteiger partial charge in [0, 0.05) is 6.20 Å². The van der Waals surface area contributed by atoms with Crippen LogP contribution >= 0.6 is 0 Å². The van der Waals surface area contributed by atoms with E-state index in [0.717, 1.165) is 0 Å². The predicted octanol–water partition coefficient (Wildman–Crippen LogP) is 0.498. The monoisotopic (exact) mass is 186 g/mol. The first-order chi connectivity index (χ1) is 6.88. The van der Waals surface area contributed by atoms with Gasteiger partial charge in [0.05, 0.1) is 0 Å². The van der Waals surface area contributed by atoms with E-state index in [1.807, 2.05) is 0 Å². The van der Waals surface area contributed by atoms with Gasteiger partial charge in [-0.2, -0.15) is 0 Å². The zero-order chi connectivity index (χ0) is 9.80. The molecule has 0 radical (unpaired) electrons. The Morgan fingerprint density at radius 1 is 1.07 bits per heavy atom. The number of carbonyl (C=O) groups is 1. The first kappa shape index (κ1) is 8.43. The highest BCUT2D eigenvalue weighted by Crippen LogP contribution is 1.99. The van der Waals surface area contributed by atoms with Crippen molar-refractivity contribution in [3.8, 4) is 0 Å². The fourth-order valence-corrected chi connectivity index (χ4v) is 0.968. The van der Waals surface area contributed by atoms with Gasteiger partial charge in [0.1, 0.15) is 18.3 Å². The molecule has 5 heteroatoms. The van der Waals surface area contributed by atoms with Crippen molar-refractivity contribution in [2.45, 2.75) is 0 Å². The molecule has 0 saturated carbocycles. The van der Waals surface area contributed by atoms with Crippen molar-refractivity contribution in [1.29, 1.82) is 0 Å². The van der Waals surface area contributed by atoms with Crippen LogP contribution in [0.3, 0.4) is 0 Å². The van der Waals surface area contributed by atoms with Crippen molar-refractivity contribution >= 4 is 5.78 Å². The molecule has 0 spiro atoms. The molecule has 14 heavy (non-hydrogen) atoms. The molecule has 0 aromatic carbocycles. The van der Waals surface area contributed by atoms with Crippen LogP contribution in [0.25, 0.3) is 0 Å². The first-order valence-electron chi connectivity index (χ1n) is 3.95. The molecular formula is C9H6N4O. The number of carbonyl (C=O) groups excluding carboxylic acids is 1. The molecule has 2 aromatic heterocycles. The van der Waals surface area contributed by atoms with Gasteiger partial charge in [-0.25, -0.2) is 15.0 Å². The Morgan fingerprint density at radius 3 is 2.50 bits per heavy atom. The minimum Gasteiger partial charge on any atom is -0.283 e. The lowest BCUT2D eigenvalue weighted by molar-refractivity contribution is 0.102. The highest BCUT2D eigenvalue weighted by molar-refractivity contribution is 6.04. The van der Waals surface area contributed by atoms with Gasteiger partial charge in [-0.3, -0.25) is 9.78 Å². The number of hydrogen-bond acceptors (Lipinski definition) is 5. The number of hydrogen-bond donors (Lipinski definition) is 0. The lowest BCUT2D eigenvalue weighted by Crippen LogP contribution is -2.08. The molecule has 0 aliphatic rings. The molecule has 2 heterocycles. The standard InChI is InChI=1S/C9H6N4O/c14-8(7-3-1-2-4-11-7)9-12-5-10-6-13-9/h1-6H. The lowest BCUT2D eigenvalue weighted by Gasteiger charge is -1.95. The summed E-state index contributed by atoms with van der Waals surface area (Å²) < 4.78 is 0. The Hall–Kier alpha value is -2.17. The third-order valence-electron chi connectivity index (χ3n) is 1.59. The van der Waals surface area contributed by atoms with E-state index < -0.39 is 0 Å². The molecule has 0 aliphatic heterocycles. The normalized spacial score (nSPS) is 9.71. The van der Waals surface area contributed by atoms with E-state index >= 15 is 0 Å². The van der Waals surface area contributed by atoms with E-state index in [-0.39, 0.29) is 11.6 Å². The molecule has 2 rings (SSSR count). The van der Waals surface area contributed by atoms with Gasteiger partial charge in [-0.05, 0) is 12.1 Å². The zero-order valence-corrected chi connectivity index (χ0v) is 7.16. The fourth-order valence-electron chi connectivity index (χ4n) is 0.968. The van der Waals surface area contributed by atoms with Crippen LogP contribution in [0.4, 0.5) is 0 Å². The summed E-state index contributed by atoms with van der Waals surface area (Å²) in [7, 11) is 0. The van der Waals surface area contributed by atoms with E-state index in [2.05, 4.69) is 19.9 Å². The van der Waals surface area contributed by atoms with Crippen LogP contribution in [-0.2, 0) is 0 Å². The minimum atomic E-state index is -0.298. The molecule has 0 bridgehead atoms. The Morgan fingerprint density at radius 2 is 1.86 bits per heavy atom. The van der Waals surface area contributed by atoms with Gasteiger partial charge in [-0.15, -0.1) is 0 Å². The molecule has 0 amide bonds. The topological polar surface area (TPSA) is 68.6 Å². The van der Waals surface area contributed by atoms with Crippen LogP contribution in [-0.4, -0.2) is 25.7 Å². The molecule has 0 unspecified atom stereocenters. The average molecular weight is 186 g/mol. The molecule has 68 valence electrons. The van der Waals surface area contributed by atoms with Gasteiger partial charge in [0.2, 0.25) is 11.6 Å². The number of rotatable bonds is 2. The first-order valence-corrected chi connectivity index (χ1v) is 3.95. The summed E-state index contributed by atoms with van der Waals surface area (Å²) in [5.41, 5.74) is 0.332. The summed E-state index contributed by atoms with van der Waals surface area (Å²) in [6.07, 6.45) is 4.11. The summed E-state index contributed by atoms with van der Waals surface area (Å²) in [5.74, 6) is -0.188. The molecule has 0 saturated heterocycles. The molecule has 0 atom stereocenters. The van der Waals surface area contributed by atoms with Crippen molar-refractivity contribution < 1.29 is 4.79 Å². The van der Waals surface area contributed by atoms with Gasteiger partial charge in [-0.1, -0.05) is 6.07 Å². The number of pyridine rings is 1. The predicted molar refractivity (Wildman–Crippen MR) is 47.5 cm³/mol. The van der Waals surface area contributed by atoms with Crippen LogP contribution in [0.2, 0.25) is 0 Å². The molecule has 2 aromatic rings. The van der Waals surface area contributed by atoms with Crippen LogP contribution < -0.4 is 0 Å². The molecule has 0 aliphatic carbocycles. The number of ketones is 1. The van der Waals surface area contributed by atoms with Gasteiger partial charge >= 0.3 is 0 Å². The van der Waals surface area contributed by atoms with E-state index in [4.69, 9.17) is 0 Å². The van der Waals surface area contributed by atoms with E-state index in [0.29, 0.717) is 5.69 Å². The SMILES string of the molecule is O=C(c1ccccn1)c1ncncn1. The van der Waals surface area contributed by atoms with Crippen molar-refractivity contribution in [2.75, 3.05) is 0 Å². The third kappa shape index (κ3) is 1.61. The molecular weight excluding hydrogens is 180 g/mol. The average Bonchev–Trinajstić information content (AvgIpc) is 2.30. The van der Waals surface area contributed by atoms with Crippen LogP contribution in [0, 0.1) is 0 Å². The summed E-state index contributed by atoms with van der Waals surface area (Å²) in [6.45, 7) is 0. The maximum atomic E-state index is 11.6. The van der Waals surface area contributed by atoms with Crippen molar-refractivity contribution in [1.82, 2.24) is 19.9 Å². The smallest absolute Gasteiger partial charge is 0.248 e. The van der Waals surface area contributed by atoms with Crippen molar-refractivity contribution in [3.05, 3.63) is 48.6 Å². The quantitative estimate of drug-likeness (QED) is 0.638. The minimum absolute atomic E-state index is 0.110. The largest absolute Gasteiger partial charge is 0.283 e. The Balaban J connectivity index is 2.35. The number of aromatic nitrogens is 4. The van der Waals surface area contributed by atoms with Crippen LogP contribution in [0.5, 0.6) is 0 Å². The van der Waals surface area contributed by atoms with Crippen molar-refractivity contribution in [3.63, 3.8) is 0 Å².